The van der Waals surface area contributed by atoms with Gasteiger partial charge in [0.25, 0.3) is 0 Å². The van der Waals surface area contributed by atoms with Gasteiger partial charge >= 0.3 is 0 Å². The summed E-state index contributed by atoms with van der Waals surface area (Å²) in [5.74, 6) is -0.568. The molecule has 1 aromatic carbocycles. The molecular weight excluding hydrogens is 347 g/mol. The van der Waals surface area contributed by atoms with Crippen molar-refractivity contribution in [2.75, 3.05) is 6.54 Å². The summed E-state index contributed by atoms with van der Waals surface area (Å²) in [6.45, 7) is 2.23. The Morgan fingerprint density at radius 1 is 1.45 bits per heavy atom. The molecule has 7 heteroatoms. The largest absolute Gasteiger partial charge is 0.326 e. The van der Waals surface area contributed by atoms with Gasteiger partial charge in [-0.05, 0) is 53.9 Å². The Balaban J connectivity index is 2.45. The summed E-state index contributed by atoms with van der Waals surface area (Å²) in [7, 11) is -3.74. The minimum absolute atomic E-state index is 0.0370. The molecule has 1 aromatic rings. The van der Waals surface area contributed by atoms with Crippen LogP contribution in [0.1, 0.15) is 26.2 Å². The third-order valence-corrected chi connectivity index (χ3v) is 6.50. The first-order valence-electron chi connectivity index (χ1n) is 6.56. The summed E-state index contributed by atoms with van der Waals surface area (Å²) < 4.78 is 40.7. The molecule has 1 aliphatic heterocycles. The molecule has 1 fully saturated rings. The highest BCUT2D eigenvalue weighted by Gasteiger charge is 2.36. The van der Waals surface area contributed by atoms with E-state index in [0.29, 0.717) is 11.0 Å². The van der Waals surface area contributed by atoms with E-state index in [4.69, 9.17) is 5.73 Å². The maximum Gasteiger partial charge on any atom is 0.244 e. The predicted molar refractivity (Wildman–Crippen MR) is 79.3 cm³/mol. The van der Waals surface area contributed by atoms with E-state index < -0.39 is 15.8 Å². The van der Waals surface area contributed by atoms with Gasteiger partial charge < -0.3 is 5.73 Å². The molecule has 4 nitrogen and oxygen atoms in total. The van der Waals surface area contributed by atoms with Gasteiger partial charge in [0.15, 0.2) is 0 Å². The van der Waals surface area contributed by atoms with Crippen molar-refractivity contribution >= 4 is 26.0 Å². The van der Waals surface area contributed by atoms with Gasteiger partial charge in [0.05, 0.1) is 4.90 Å². The van der Waals surface area contributed by atoms with Crippen molar-refractivity contribution in [3.8, 4) is 0 Å². The van der Waals surface area contributed by atoms with Crippen LogP contribution < -0.4 is 5.73 Å². The molecule has 112 valence electrons. The van der Waals surface area contributed by atoms with E-state index in [0.717, 1.165) is 25.3 Å². The molecule has 0 aliphatic carbocycles. The van der Waals surface area contributed by atoms with Gasteiger partial charge in [0.2, 0.25) is 10.0 Å². The molecule has 0 amide bonds. The van der Waals surface area contributed by atoms with Crippen molar-refractivity contribution in [3.05, 3.63) is 28.5 Å². The number of nitrogens with two attached hydrogens (primary N) is 1. The molecule has 0 bridgehead atoms. The molecular formula is C13H18BrFN2O2S. The Labute approximate surface area is 127 Å². The highest BCUT2D eigenvalue weighted by Crippen LogP contribution is 2.31. The Morgan fingerprint density at radius 2 is 2.15 bits per heavy atom. The zero-order valence-electron chi connectivity index (χ0n) is 11.2. The lowest BCUT2D eigenvalue weighted by Crippen LogP contribution is -2.51. The zero-order chi connectivity index (χ0) is 14.9. The minimum Gasteiger partial charge on any atom is -0.326 e. The topological polar surface area (TPSA) is 63.4 Å². The van der Waals surface area contributed by atoms with E-state index in [1.807, 2.05) is 0 Å². The maximum absolute atomic E-state index is 13.4. The van der Waals surface area contributed by atoms with Crippen LogP contribution in [0.3, 0.4) is 0 Å². The van der Waals surface area contributed by atoms with Gasteiger partial charge in [-0.1, -0.05) is 6.42 Å². The Morgan fingerprint density at radius 3 is 2.80 bits per heavy atom. The normalized spacial score (nSPS) is 22.7. The second-order valence-electron chi connectivity index (χ2n) is 5.11. The first-order valence-corrected chi connectivity index (χ1v) is 8.80. The lowest BCUT2D eigenvalue weighted by molar-refractivity contribution is 0.227. The predicted octanol–water partition coefficient (Wildman–Crippen LogP) is 2.48. The van der Waals surface area contributed by atoms with E-state index in [1.54, 1.807) is 6.92 Å². The monoisotopic (exact) mass is 364 g/mol. The summed E-state index contributed by atoms with van der Waals surface area (Å²) in [5, 5.41) is 0. The van der Waals surface area contributed by atoms with Crippen LogP contribution >= 0.6 is 15.9 Å². The fourth-order valence-electron chi connectivity index (χ4n) is 2.56. The highest BCUT2D eigenvalue weighted by molar-refractivity contribution is 9.10. The first kappa shape index (κ1) is 15.9. The second-order valence-corrected chi connectivity index (χ2v) is 7.83. The maximum atomic E-state index is 13.4. The summed E-state index contributed by atoms with van der Waals surface area (Å²) in [5.41, 5.74) is 5.91. The molecule has 0 radical (unpaired) electrons. The molecule has 2 rings (SSSR count). The van der Waals surface area contributed by atoms with E-state index >= 15 is 0 Å². The number of rotatable bonds is 3. The lowest BCUT2D eigenvalue weighted by Gasteiger charge is -2.37. The third-order valence-electron chi connectivity index (χ3n) is 3.59. The van der Waals surface area contributed by atoms with E-state index in [2.05, 4.69) is 15.9 Å². The fourth-order valence-corrected chi connectivity index (χ4v) is 5.27. The molecule has 1 saturated heterocycles. The first-order chi connectivity index (χ1) is 9.34. The zero-order valence-corrected chi connectivity index (χ0v) is 13.6. The summed E-state index contributed by atoms with van der Waals surface area (Å²) in [6.07, 6.45) is 2.50. The van der Waals surface area contributed by atoms with Crippen LogP contribution in [0.25, 0.3) is 0 Å². The van der Waals surface area contributed by atoms with Crippen molar-refractivity contribution in [2.45, 2.75) is 43.2 Å². The standard InChI is InChI=1S/C13H18BrFN2O2S/c1-9(16)12-4-2-3-7-17(12)20(18,19)13-8-10(15)5-6-11(13)14/h5-6,8-9,12H,2-4,7,16H2,1H3. The molecule has 20 heavy (non-hydrogen) atoms. The van der Waals surface area contributed by atoms with Crippen LogP contribution in [0.4, 0.5) is 4.39 Å². The Hall–Kier alpha value is -0.500. The minimum atomic E-state index is -3.74. The SMILES string of the molecule is CC(N)C1CCCCN1S(=O)(=O)c1cc(F)ccc1Br. The van der Waals surface area contributed by atoms with Gasteiger partial charge in [-0.3, -0.25) is 0 Å². The smallest absolute Gasteiger partial charge is 0.244 e. The highest BCUT2D eigenvalue weighted by atomic mass is 79.9. The quantitative estimate of drug-likeness (QED) is 0.895. The number of hydrogen-bond acceptors (Lipinski definition) is 3. The van der Waals surface area contributed by atoms with Gasteiger partial charge in [-0.15, -0.1) is 0 Å². The van der Waals surface area contributed by atoms with Gasteiger partial charge in [0, 0.05) is 23.1 Å². The number of sulfonamides is 1. The number of benzene rings is 1. The van der Waals surface area contributed by atoms with E-state index in [9.17, 15) is 12.8 Å². The molecule has 1 heterocycles. The van der Waals surface area contributed by atoms with E-state index in [1.165, 1.54) is 16.4 Å². The third kappa shape index (κ3) is 3.05. The number of piperidine rings is 1. The van der Waals surface area contributed by atoms with Gasteiger partial charge in [-0.25, -0.2) is 12.8 Å². The van der Waals surface area contributed by atoms with Crippen LogP contribution in [0.15, 0.2) is 27.6 Å². The second kappa shape index (κ2) is 6.09. The lowest BCUT2D eigenvalue weighted by atomic mass is 10.00. The van der Waals surface area contributed by atoms with Crippen molar-refractivity contribution in [2.24, 2.45) is 5.73 Å². The van der Waals surface area contributed by atoms with Crippen LogP contribution in [-0.2, 0) is 10.0 Å². The fraction of sp³-hybridized carbons (Fsp3) is 0.538. The molecule has 2 atom stereocenters. The van der Waals surface area contributed by atoms with Crippen molar-refractivity contribution in [1.29, 1.82) is 0 Å². The molecule has 0 saturated carbocycles. The molecule has 2 unspecified atom stereocenters. The summed E-state index contributed by atoms with van der Waals surface area (Å²) >= 11 is 3.19. The van der Waals surface area contributed by atoms with Gasteiger partial charge in [-0.2, -0.15) is 4.31 Å². The Bertz CT molecular complexity index is 592. The van der Waals surface area contributed by atoms with Crippen molar-refractivity contribution in [3.63, 3.8) is 0 Å². The van der Waals surface area contributed by atoms with Crippen LogP contribution in [0, 0.1) is 5.82 Å². The average molecular weight is 365 g/mol. The summed E-state index contributed by atoms with van der Waals surface area (Å²) in [6, 6.07) is 3.20. The number of hydrogen-bond donors (Lipinski definition) is 1. The average Bonchev–Trinajstić information content (AvgIpc) is 2.41. The molecule has 1 aliphatic rings. The van der Waals surface area contributed by atoms with Crippen LogP contribution in [0.5, 0.6) is 0 Å². The molecule has 0 spiro atoms. The number of nitrogens with zero attached hydrogens (tertiary/aromatic N) is 1. The summed E-state index contributed by atoms with van der Waals surface area (Å²) in [4.78, 5) is -0.0370. The van der Waals surface area contributed by atoms with Gasteiger partial charge in [0.1, 0.15) is 5.82 Å². The van der Waals surface area contributed by atoms with Crippen LogP contribution in [-0.4, -0.2) is 31.4 Å². The van der Waals surface area contributed by atoms with Crippen molar-refractivity contribution < 1.29 is 12.8 Å². The Kier molecular flexibility index (Phi) is 4.84. The molecule has 2 N–H and O–H groups in total. The van der Waals surface area contributed by atoms with Crippen LogP contribution in [0.2, 0.25) is 0 Å². The van der Waals surface area contributed by atoms with E-state index in [-0.39, 0.29) is 17.0 Å². The van der Waals surface area contributed by atoms with Crippen molar-refractivity contribution in [1.82, 2.24) is 4.31 Å². The number of halogens is 2. The molecule has 0 aromatic heterocycles.